The van der Waals surface area contributed by atoms with E-state index >= 15 is 0 Å². The zero-order valence-electron chi connectivity index (χ0n) is 10.2. The summed E-state index contributed by atoms with van der Waals surface area (Å²) in [6.45, 7) is 0.697. The Labute approximate surface area is 112 Å². The minimum absolute atomic E-state index is 0.00392. The minimum Gasteiger partial charge on any atom is -0.392 e. The van der Waals surface area contributed by atoms with E-state index in [1.165, 1.54) is 0 Å². The summed E-state index contributed by atoms with van der Waals surface area (Å²) in [5.74, 6) is 0. The van der Waals surface area contributed by atoms with Crippen molar-refractivity contribution in [2.75, 3.05) is 11.9 Å². The highest BCUT2D eigenvalue weighted by Crippen LogP contribution is 2.26. The third-order valence-corrected chi connectivity index (χ3v) is 3.03. The lowest BCUT2D eigenvalue weighted by atomic mass is 10.2. The first-order chi connectivity index (χ1) is 8.70. The fraction of sp³-hybridized carbons (Fsp3) is 0.214. The van der Waals surface area contributed by atoms with Gasteiger partial charge in [-0.15, -0.1) is 0 Å². The second-order valence-electron chi connectivity index (χ2n) is 4.12. The number of benzene rings is 1. The Kier molecular flexibility index (Phi) is 4.18. The summed E-state index contributed by atoms with van der Waals surface area (Å²) in [4.78, 5) is 6.32. The lowest BCUT2D eigenvalue weighted by molar-refractivity contribution is 0.282. The van der Waals surface area contributed by atoms with Gasteiger partial charge in [0.25, 0.3) is 0 Å². The SMILES string of the molecule is CN(Cc1ccccn1)c1ccc(CO)cc1Cl. The van der Waals surface area contributed by atoms with Crippen molar-refractivity contribution in [2.24, 2.45) is 0 Å². The predicted octanol–water partition coefficient (Wildman–Crippen LogP) is 2.86. The molecule has 0 radical (unpaired) electrons. The van der Waals surface area contributed by atoms with Crippen molar-refractivity contribution in [1.82, 2.24) is 4.98 Å². The van der Waals surface area contributed by atoms with Crippen LogP contribution in [0.25, 0.3) is 0 Å². The average Bonchev–Trinajstić information content (AvgIpc) is 2.39. The number of anilines is 1. The van der Waals surface area contributed by atoms with Crippen molar-refractivity contribution >= 4 is 17.3 Å². The molecule has 1 aromatic carbocycles. The van der Waals surface area contributed by atoms with Crippen LogP contribution >= 0.6 is 11.6 Å². The zero-order chi connectivity index (χ0) is 13.0. The molecule has 0 aliphatic heterocycles. The van der Waals surface area contributed by atoms with E-state index in [0.29, 0.717) is 11.6 Å². The molecule has 3 nitrogen and oxygen atoms in total. The van der Waals surface area contributed by atoms with Crippen molar-refractivity contribution < 1.29 is 5.11 Å². The quantitative estimate of drug-likeness (QED) is 0.921. The van der Waals surface area contributed by atoms with E-state index in [-0.39, 0.29) is 6.61 Å². The van der Waals surface area contributed by atoms with Crippen molar-refractivity contribution in [3.63, 3.8) is 0 Å². The third-order valence-electron chi connectivity index (χ3n) is 2.73. The Bertz CT molecular complexity index is 516. The first-order valence-electron chi connectivity index (χ1n) is 5.71. The van der Waals surface area contributed by atoms with Crippen LogP contribution in [0.2, 0.25) is 5.02 Å². The maximum absolute atomic E-state index is 9.04. The van der Waals surface area contributed by atoms with Gasteiger partial charge in [0.1, 0.15) is 0 Å². The first kappa shape index (κ1) is 12.9. The van der Waals surface area contributed by atoms with Gasteiger partial charge in [-0.2, -0.15) is 0 Å². The molecule has 0 saturated carbocycles. The summed E-state index contributed by atoms with van der Waals surface area (Å²) in [5, 5.41) is 9.68. The number of nitrogens with zero attached hydrogens (tertiary/aromatic N) is 2. The molecule has 0 atom stereocenters. The van der Waals surface area contributed by atoms with Gasteiger partial charge in [-0.1, -0.05) is 23.7 Å². The number of aromatic nitrogens is 1. The summed E-state index contributed by atoms with van der Waals surface area (Å²) in [7, 11) is 1.97. The molecule has 0 fully saturated rings. The fourth-order valence-electron chi connectivity index (χ4n) is 1.78. The Morgan fingerprint density at radius 1 is 1.28 bits per heavy atom. The van der Waals surface area contributed by atoms with E-state index in [1.54, 1.807) is 12.3 Å². The molecule has 2 aromatic rings. The highest BCUT2D eigenvalue weighted by Gasteiger charge is 2.07. The maximum Gasteiger partial charge on any atom is 0.0682 e. The van der Waals surface area contributed by atoms with Gasteiger partial charge in [0.2, 0.25) is 0 Å². The Morgan fingerprint density at radius 2 is 2.11 bits per heavy atom. The van der Waals surface area contributed by atoms with E-state index < -0.39 is 0 Å². The fourth-order valence-corrected chi connectivity index (χ4v) is 2.13. The number of aliphatic hydroxyl groups is 1. The summed E-state index contributed by atoms with van der Waals surface area (Å²) >= 11 is 6.20. The molecule has 1 heterocycles. The Hall–Kier alpha value is -1.58. The van der Waals surface area contributed by atoms with Crippen LogP contribution in [0.1, 0.15) is 11.3 Å². The van der Waals surface area contributed by atoms with Crippen molar-refractivity contribution in [3.05, 3.63) is 58.9 Å². The number of hydrogen-bond donors (Lipinski definition) is 1. The van der Waals surface area contributed by atoms with Gasteiger partial charge in [-0.25, -0.2) is 0 Å². The summed E-state index contributed by atoms with van der Waals surface area (Å²) < 4.78 is 0. The number of hydrogen-bond acceptors (Lipinski definition) is 3. The topological polar surface area (TPSA) is 36.4 Å². The van der Waals surface area contributed by atoms with Crippen LogP contribution < -0.4 is 4.90 Å². The molecule has 4 heteroatoms. The molecule has 0 saturated heterocycles. The van der Waals surface area contributed by atoms with Gasteiger partial charge in [-0.3, -0.25) is 4.98 Å². The smallest absolute Gasteiger partial charge is 0.0682 e. The van der Waals surface area contributed by atoms with E-state index in [9.17, 15) is 0 Å². The Morgan fingerprint density at radius 3 is 2.72 bits per heavy atom. The van der Waals surface area contributed by atoms with Crippen LogP contribution in [0.4, 0.5) is 5.69 Å². The summed E-state index contributed by atoms with van der Waals surface area (Å²) in [6, 6.07) is 11.4. The van der Waals surface area contributed by atoms with E-state index in [0.717, 1.165) is 16.9 Å². The molecule has 1 N–H and O–H groups in total. The Balaban J connectivity index is 2.16. The molecule has 0 spiro atoms. The van der Waals surface area contributed by atoms with Crippen LogP contribution in [0.3, 0.4) is 0 Å². The van der Waals surface area contributed by atoms with Crippen LogP contribution in [-0.4, -0.2) is 17.1 Å². The predicted molar refractivity (Wildman–Crippen MR) is 73.7 cm³/mol. The molecular weight excluding hydrogens is 248 g/mol. The lowest BCUT2D eigenvalue weighted by Gasteiger charge is -2.20. The van der Waals surface area contributed by atoms with Gasteiger partial charge >= 0.3 is 0 Å². The highest BCUT2D eigenvalue weighted by atomic mass is 35.5. The first-order valence-corrected chi connectivity index (χ1v) is 6.09. The van der Waals surface area contributed by atoms with E-state index in [4.69, 9.17) is 16.7 Å². The molecule has 0 aliphatic carbocycles. The molecule has 94 valence electrons. The zero-order valence-corrected chi connectivity index (χ0v) is 10.9. The van der Waals surface area contributed by atoms with Crippen molar-refractivity contribution in [3.8, 4) is 0 Å². The van der Waals surface area contributed by atoms with Gasteiger partial charge < -0.3 is 10.0 Å². The largest absolute Gasteiger partial charge is 0.392 e. The number of pyridine rings is 1. The standard InChI is InChI=1S/C14H15ClN2O/c1-17(9-12-4-2-3-7-16-12)14-6-5-11(10-18)8-13(14)15/h2-8,18H,9-10H2,1H3. The van der Waals surface area contributed by atoms with Gasteiger partial charge in [0.15, 0.2) is 0 Å². The molecular formula is C14H15ClN2O. The molecule has 0 bridgehead atoms. The van der Waals surface area contributed by atoms with Crippen LogP contribution in [0, 0.1) is 0 Å². The van der Waals surface area contributed by atoms with Gasteiger partial charge in [0, 0.05) is 13.2 Å². The van der Waals surface area contributed by atoms with Crippen molar-refractivity contribution in [2.45, 2.75) is 13.2 Å². The van der Waals surface area contributed by atoms with Crippen molar-refractivity contribution in [1.29, 1.82) is 0 Å². The molecule has 0 aliphatic rings. The number of aliphatic hydroxyl groups excluding tert-OH is 1. The summed E-state index contributed by atoms with van der Waals surface area (Å²) in [5.41, 5.74) is 2.73. The molecule has 1 aromatic heterocycles. The van der Waals surface area contributed by atoms with E-state index in [2.05, 4.69) is 4.98 Å². The van der Waals surface area contributed by atoms with Gasteiger partial charge in [-0.05, 0) is 29.8 Å². The van der Waals surface area contributed by atoms with Crippen LogP contribution in [0.5, 0.6) is 0 Å². The molecule has 0 amide bonds. The van der Waals surface area contributed by atoms with Crippen LogP contribution in [0.15, 0.2) is 42.6 Å². The molecule has 2 rings (SSSR count). The monoisotopic (exact) mass is 262 g/mol. The third kappa shape index (κ3) is 3.00. The minimum atomic E-state index is 0.00392. The average molecular weight is 263 g/mol. The maximum atomic E-state index is 9.04. The normalized spacial score (nSPS) is 10.4. The van der Waals surface area contributed by atoms with Gasteiger partial charge in [0.05, 0.1) is 29.6 Å². The molecule has 18 heavy (non-hydrogen) atoms. The second kappa shape index (κ2) is 5.85. The summed E-state index contributed by atoms with van der Waals surface area (Å²) in [6.07, 6.45) is 1.78. The lowest BCUT2D eigenvalue weighted by Crippen LogP contribution is -2.17. The van der Waals surface area contributed by atoms with Crippen LogP contribution in [-0.2, 0) is 13.2 Å². The van der Waals surface area contributed by atoms with E-state index in [1.807, 2.05) is 42.3 Å². The molecule has 0 unspecified atom stereocenters. The second-order valence-corrected chi connectivity index (χ2v) is 4.53. The number of rotatable bonds is 4. The number of halogens is 1. The highest BCUT2D eigenvalue weighted by molar-refractivity contribution is 6.33.